The Morgan fingerprint density at radius 1 is 1.14 bits per heavy atom. The molecule has 29 heavy (non-hydrogen) atoms. The number of carbonyl (C=O) groups is 1. The molecule has 150 valence electrons. The van der Waals surface area contributed by atoms with Crippen LogP contribution in [-0.2, 0) is 4.79 Å². The molecular weight excluding hydrogens is 375 g/mol. The Kier molecular flexibility index (Phi) is 5.37. The third-order valence-electron chi connectivity index (χ3n) is 4.72. The first-order valence-electron chi connectivity index (χ1n) is 9.34. The SMILES string of the molecule is Cc1nc(N2CCN(C(=O)COc3ccccc3F)CC2)cc(-n2ccnc2)n1. The Labute approximate surface area is 167 Å². The van der Waals surface area contributed by atoms with E-state index >= 15 is 0 Å². The lowest BCUT2D eigenvalue weighted by atomic mass is 10.3. The Hall–Kier alpha value is -3.49. The predicted octanol–water partition coefficient (Wildman–Crippen LogP) is 1.84. The maximum Gasteiger partial charge on any atom is 0.260 e. The average molecular weight is 396 g/mol. The highest BCUT2D eigenvalue weighted by molar-refractivity contribution is 5.78. The minimum Gasteiger partial charge on any atom is -0.481 e. The molecule has 1 saturated heterocycles. The summed E-state index contributed by atoms with van der Waals surface area (Å²) < 4.78 is 20.8. The number of imidazole rings is 1. The Bertz CT molecular complexity index is 986. The highest BCUT2D eigenvalue weighted by Crippen LogP contribution is 2.18. The summed E-state index contributed by atoms with van der Waals surface area (Å²) in [4.78, 5) is 29.3. The van der Waals surface area contributed by atoms with Gasteiger partial charge in [-0.05, 0) is 19.1 Å². The molecule has 0 spiro atoms. The largest absolute Gasteiger partial charge is 0.481 e. The van der Waals surface area contributed by atoms with Crippen molar-refractivity contribution < 1.29 is 13.9 Å². The highest BCUT2D eigenvalue weighted by Gasteiger charge is 2.23. The van der Waals surface area contributed by atoms with Crippen LogP contribution in [0.4, 0.5) is 10.2 Å². The molecule has 0 unspecified atom stereocenters. The molecule has 4 rings (SSSR count). The molecule has 1 amide bonds. The van der Waals surface area contributed by atoms with Crippen molar-refractivity contribution in [1.82, 2.24) is 24.4 Å². The summed E-state index contributed by atoms with van der Waals surface area (Å²) in [6.07, 6.45) is 5.22. The number of carbonyl (C=O) groups excluding carboxylic acids is 1. The minimum absolute atomic E-state index is 0.0861. The van der Waals surface area contributed by atoms with Gasteiger partial charge in [-0.2, -0.15) is 0 Å². The zero-order valence-corrected chi connectivity index (χ0v) is 16.0. The number of anilines is 1. The van der Waals surface area contributed by atoms with E-state index in [0.29, 0.717) is 32.0 Å². The van der Waals surface area contributed by atoms with Crippen LogP contribution in [0.25, 0.3) is 5.82 Å². The standard InChI is InChI=1S/C20H21FN6O2/c1-15-23-18(12-19(24-15)27-7-6-22-14-27)25-8-10-26(11-9-25)20(28)13-29-17-5-3-2-4-16(17)21/h2-7,12,14H,8-11,13H2,1H3. The van der Waals surface area contributed by atoms with Crippen LogP contribution in [0.1, 0.15) is 5.82 Å². The number of hydrogen-bond acceptors (Lipinski definition) is 6. The van der Waals surface area contributed by atoms with Crippen LogP contribution in [0.15, 0.2) is 49.1 Å². The molecule has 3 aromatic rings. The van der Waals surface area contributed by atoms with Crippen LogP contribution in [0, 0.1) is 12.7 Å². The molecule has 8 nitrogen and oxygen atoms in total. The van der Waals surface area contributed by atoms with Gasteiger partial charge in [0.2, 0.25) is 0 Å². The highest BCUT2D eigenvalue weighted by atomic mass is 19.1. The molecule has 1 aliphatic heterocycles. The number of para-hydroxylation sites is 1. The zero-order valence-electron chi connectivity index (χ0n) is 16.0. The van der Waals surface area contributed by atoms with Crippen molar-refractivity contribution in [2.75, 3.05) is 37.7 Å². The van der Waals surface area contributed by atoms with Crippen LogP contribution in [0.3, 0.4) is 0 Å². The van der Waals surface area contributed by atoms with Crippen molar-refractivity contribution in [2.45, 2.75) is 6.92 Å². The summed E-state index contributed by atoms with van der Waals surface area (Å²) in [5.41, 5.74) is 0. The number of rotatable bonds is 5. The number of nitrogens with zero attached hydrogens (tertiary/aromatic N) is 6. The molecule has 3 heterocycles. The Morgan fingerprint density at radius 2 is 1.90 bits per heavy atom. The van der Waals surface area contributed by atoms with E-state index in [1.54, 1.807) is 29.6 Å². The summed E-state index contributed by atoms with van der Waals surface area (Å²) in [6, 6.07) is 7.98. The van der Waals surface area contributed by atoms with E-state index in [-0.39, 0.29) is 18.3 Å². The molecule has 0 N–H and O–H groups in total. The number of aromatic nitrogens is 4. The zero-order chi connectivity index (χ0) is 20.2. The van der Waals surface area contributed by atoms with Crippen molar-refractivity contribution in [3.05, 3.63) is 60.7 Å². The van der Waals surface area contributed by atoms with Gasteiger partial charge in [0.05, 0.1) is 0 Å². The normalized spacial score (nSPS) is 14.1. The second kappa shape index (κ2) is 8.26. The number of hydrogen-bond donors (Lipinski definition) is 0. The summed E-state index contributed by atoms with van der Waals surface area (Å²) in [6.45, 7) is 4.05. The van der Waals surface area contributed by atoms with Gasteiger partial charge in [0.25, 0.3) is 5.91 Å². The summed E-state index contributed by atoms with van der Waals surface area (Å²) in [5, 5.41) is 0. The number of aryl methyl sites for hydroxylation is 1. The quantitative estimate of drug-likeness (QED) is 0.655. The molecule has 0 aliphatic carbocycles. The topological polar surface area (TPSA) is 76.4 Å². The van der Waals surface area contributed by atoms with Crippen molar-refractivity contribution >= 4 is 11.7 Å². The van der Waals surface area contributed by atoms with Gasteiger partial charge in [-0.3, -0.25) is 9.36 Å². The lowest BCUT2D eigenvalue weighted by Crippen LogP contribution is -2.50. The Balaban J connectivity index is 1.36. The van der Waals surface area contributed by atoms with E-state index in [9.17, 15) is 9.18 Å². The first-order valence-corrected chi connectivity index (χ1v) is 9.34. The number of benzene rings is 1. The van der Waals surface area contributed by atoms with Crippen molar-refractivity contribution in [3.63, 3.8) is 0 Å². The van der Waals surface area contributed by atoms with E-state index < -0.39 is 5.82 Å². The monoisotopic (exact) mass is 396 g/mol. The molecule has 9 heteroatoms. The molecule has 0 atom stereocenters. The van der Waals surface area contributed by atoms with E-state index in [2.05, 4.69) is 19.9 Å². The van der Waals surface area contributed by atoms with E-state index in [4.69, 9.17) is 4.74 Å². The lowest BCUT2D eigenvalue weighted by molar-refractivity contribution is -0.133. The third kappa shape index (κ3) is 4.34. The molecule has 1 fully saturated rings. The fourth-order valence-corrected chi connectivity index (χ4v) is 3.20. The Morgan fingerprint density at radius 3 is 2.62 bits per heavy atom. The van der Waals surface area contributed by atoms with Gasteiger partial charge in [-0.25, -0.2) is 19.3 Å². The predicted molar refractivity (Wildman–Crippen MR) is 105 cm³/mol. The van der Waals surface area contributed by atoms with E-state index in [0.717, 1.165) is 11.6 Å². The average Bonchev–Trinajstić information content (AvgIpc) is 3.28. The van der Waals surface area contributed by atoms with Crippen molar-refractivity contribution in [2.24, 2.45) is 0 Å². The van der Waals surface area contributed by atoms with Gasteiger partial charge in [0.15, 0.2) is 18.2 Å². The van der Waals surface area contributed by atoms with E-state index in [1.807, 2.05) is 23.8 Å². The third-order valence-corrected chi connectivity index (χ3v) is 4.72. The summed E-state index contributed by atoms with van der Waals surface area (Å²) in [5.74, 6) is 1.69. The number of ether oxygens (including phenoxy) is 1. The summed E-state index contributed by atoms with van der Waals surface area (Å²) >= 11 is 0. The first kappa shape index (κ1) is 18.9. The maximum atomic E-state index is 13.6. The molecule has 0 bridgehead atoms. The maximum absolute atomic E-state index is 13.6. The van der Waals surface area contributed by atoms with Gasteiger partial charge < -0.3 is 14.5 Å². The molecule has 0 saturated carbocycles. The fourth-order valence-electron chi connectivity index (χ4n) is 3.20. The lowest BCUT2D eigenvalue weighted by Gasteiger charge is -2.35. The fraction of sp³-hybridized carbons (Fsp3) is 0.300. The smallest absolute Gasteiger partial charge is 0.260 e. The van der Waals surface area contributed by atoms with Gasteiger partial charge in [-0.15, -0.1) is 0 Å². The van der Waals surface area contributed by atoms with Crippen LogP contribution in [0.5, 0.6) is 5.75 Å². The van der Waals surface area contributed by atoms with Crippen LogP contribution in [0.2, 0.25) is 0 Å². The van der Waals surface area contributed by atoms with Gasteiger partial charge in [0, 0.05) is 44.6 Å². The van der Waals surface area contributed by atoms with Gasteiger partial charge in [0.1, 0.15) is 23.8 Å². The second-order valence-corrected chi connectivity index (χ2v) is 6.69. The van der Waals surface area contributed by atoms with E-state index in [1.165, 1.54) is 12.1 Å². The summed E-state index contributed by atoms with van der Waals surface area (Å²) in [7, 11) is 0. The second-order valence-electron chi connectivity index (χ2n) is 6.69. The molecule has 2 aromatic heterocycles. The van der Waals surface area contributed by atoms with Crippen LogP contribution >= 0.6 is 0 Å². The number of piperazine rings is 1. The number of amides is 1. The number of halogens is 1. The molecular formula is C20H21FN6O2. The molecule has 1 aromatic carbocycles. The van der Waals surface area contributed by atoms with Crippen LogP contribution < -0.4 is 9.64 Å². The minimum atomic E-state index is -0.474. The first-order chi connectivity index (χ1) is 14.1. The van der Waals surface area contributed by atoms with Crippen molar-refractivity contribution in [3.8, 4) is 11.6 Å². The molecule has 1 aliphatic rings. The molecule has 0 radical (unpaired) electrons. The van der Waals surface area contributed by atoms with Gasteiger partial charge in [-0.1, -0.05) is 12.1 Å². The van der Waals surface area contributed by atoms with Gasteiger partial charge >= 0.3 is 0 Å². The van der Waals surface area contributed by atoms with Crippen molar-refractivity contribution in [1.29, 1.82) is 0 Å². The van der Waals surface area contributed by atoms with Crippen LogP contribution in [-0.4, -0.2) is 63.1 Å².